The molecule has 0 aromatic heterocycles. The first-order chi connectivity index (χ1) is 8.99. The van der Waals surface area contributed by atoms with E-state index in [0.717, 1.165) is 13.0 Å². The van der Waals surface area contributed by atoms with Gasteiger partial charge in [-0.25, -0.2) is 0 Å². The van der Waals surface area contributed by atoms with Crippen molar-refractivity contribution in [3.8, 4) is 0 Å². The molecule has 1 aromatic carbocycles. The van der Waals surface area contributed by atoms with E-state index >= 15 is 0 Å². The topological polar surface area (TPSA) is 84.3 Å². The first-order valence-electron chi connectivity index (χ1n) is 5.97. The second kappa shape index (κ2) is 5.66. The van der Waals surface area contributed by atoms with E-state index < -0.39 is 4.92 Å². The average molecular weight is 328 g/mol. The van der Waals surface area contributed by atoms with Gasteiger partial charge in [-0.05, 0) is 48.0 Å². The molecule has 102 valence electrons. The predicted octanol–water partition coefficient (Wildman–Crippen LogP) is 2.29. The van der Waals surface area contributed by atoms with Crippen LogP contribution in [-0.2, 0) is 4.79 Å². The highest BCUT2D eigenvalue weighted by atomic mass is 79.9. The minimum absolute atomic E-state index is 0.0598. The quantitative estimate of drug-likeness (QED) is 0.659. The lowest BCUT2D eigenvalue weighted by atomic mass is 10.0. The van der Waals surface area contributed by atoms with Crippen LogP contribution >= 0.6 is 15.9 Å². The second-order valence-corrected chi connectivity index (χ2v) is 5.40. The van der Waals surface area contributed by atoms with Gasteiger partial charge < -0.3 is 10.6 Å². The van der Waals surface area contributed by atoms with Crippen LogP contribution in [0.15, 0.2) is 22.7 Å². The molecular weight excluding hydrogens is 314 g/mol. The first-order valence-corrected chi connectivity index (χ1v) is 6.76. The maximum atomic E-state index is 12.1. The fraction of sp³-hybridized carbons (Fsp3) is 0.417. The summed E-state index contributed by atoms with van der Waals surface area (Å²) in [6.45, 7) is 2.78. The van der Waals surface area contributed by atoms with Gasteiger partial charge in [0.05, 0.1) is 15.3 Å². The van der Waals surface area contributed by atoms with E-state index in [1.165, 1.54) is 6.07 Å². The molecular formula is C12H14BrN3O3. The third kappa shape index (κ3) is 3.10. The van der Waals surface area contributed by atoms with Crippen LogP contribution in [0.1, 0.15) is 13.3 Å². The average Bonchev–Trinajstić information content (AvgIpc) is 2.77. The van der Waals surface area contributed by atoms with E-state index in [9.17, 15) is 14.9 Å². The zero-order chi connectivity index (χ0) is 14.0. The number of hydrogen-bond donors (Lipinski definition) is 2. The van der Waals surface area contributed by atoms with Gasteiger partial charge in [-0.1, -0.05) is 0 Å². The summed E-state index contributed by atoms with van der Waals surface area (Å²) < 4.78 is 0.395. The second-order valence-electron chi connectivity index (χ2n) is 4.55. The molecule has 1 heterocycles. The van der Waals surface area contributed by atoms with Gasteiger partial charge in [0.2, 0.25) is 5.91 Å². The maximum absolute atomic E-state index is 12.1. The Morgan fingerprint density at radius 1 is 1.58 bits per heavy atom. The Morgan fingerprint density at radius 3 is 2.89 bits per heavy atom. The number of hydrogen-bond acceptors (Lipinski definition) is 4. The molecule has 2 rings (SSSR count). The highest BCUT2D eigenvalue weighted by Crippen LogP contribution is 2.28. The molecule has 0 saturated carbocycles. The third-order valence-corrected chi connectivity index (χ3v) is 3.94. The molecule has 7 heteroatoms. The minimum atomic E-state index is -0.487. The van der Waals surface area contributed by atoms with Crippen LogP contribution in [0, 0.1) is 16.0 Å². The van der Waals surface area contributed by atoms with Crippen LogP contribution < -0.4 is 10.6 Å². The van der Waals surface area contributed by atoms with Gasteiger partial charge in [0, 0.05) is 17.8 Å². The van der Waals surface area contributed by atoms with Crippen molar-refractivity contribution < 1.29 is 9.72 Å². The number of halogens is 1. The van der Waals surface area contributed by atoms with E-state index in [1.54, 1.807) is 12.1 Å². The molecule has 2 N–H and O–H groups in total. The molecule has 0 aliphatic carbocycles. The van der Waals surface area contributed by atoms with E-state index in [-0.39, 0.29) is 23.6 Å². The van der Waals surface area contributed by atoms with Crippen molar-refractivity contribution in [3.63, 3.8) is 0 Å². The summed E-state index contributed by atoms with van der Waals surface area (Å²) in [5.41, 5.74) is 0.384. The Labute approximate surface area is 118 Å². The van der Waals surface area contributed by atoms with E-state index in [1.807, 2.05) is 6.92 Å². The number of anilines is 1. The molecule has 1 saturated heterocycles. The van der Waals surface area contributed by atoms with Crippen molar-refractivity contribution in [2.24, 2.45) is 5.92 Å². The molecule has 2 atom stereocenters. The lowest BCUT2D eigenvalue weighted by molar-refractivity contribution is -0.385. The minimum Gasteiger partial charge on any atom is -0.326 e. The van der Waals surface area contributed by atoms with Crippen molar-refractivity contribution in [2.45, 2.75) is 19.4 Å². The Kier molecular flexibility index (Phi) is 4.16. The predicted molar refractivity (Wildman–Crippen MR) is 75.0 cm³/mol. The zero-order valence-corrected chi connectivity index (χ0v) is 11.9. The standard InChI is InChI=1S/C12H14BrN3O3/c1-7-9(4-5-14-7)12(17)15-8-2-3-10(13)11(6-8)16(18)19/h2-3,6-7,9,14H,4-5H2,1H3,(H,15,17). The largest absolute Gasteiger partial charge is 0.326 e. The number of rotatable bonds is 3. The summed E-state index contributed by atoms with van der Waals surface area (Å²) in [6.07, 6.45) is 0.783. The van der Waals surface area contributed by atoms with Crippen molar-refractivity contribution >= 4 is 33.2 Å². The number of nitro benzene ring substituents is 1. The van der Waals surface area contributed by atoms with Gasteiger partial charge in [0.25, 0.3) is 5.69 Å². The first kappa shape index (κ1) is 14.0. The smallest absolute Gasteiger partial charge is 0.285 e. The number of nitro groups is 1. The molecule has 19 heavy (non-hydrogen) atoms. The monoisotopic (exact) mass is 327 g/mol. The Balaban J connectivity index is 2.13. The van der Waals surface area contributed by atoms with Crippen molar-refractivity contribution in [1.82, 2.24) is 5.32 Å². The molecule has 0 radical (unpaired) electrons. The SMILES string of the molecule is CC1NCCC1C(=O)Nc1ccc(Br)c([N+](=O)[O-])c1. The highest BCUT2D eigenvalue weighted by Gasteiger charge is 2.29. The highest BCUT2D eigenvalue weighted by molar-refractivity contribution is 9.10. The van der Waals surface area contributed by atoms with E-state index in [4.69, 9.17) is 0 Å². The lowest BCUT2D eigenvalue weighted by Crippen LogP contribution is -2.32. The molecule has 1 aliphatic rings. The molecule has 6 nitrogen and oxygen atoms in total. The fourth-order valence-corrected chi connectivity index (χ4v) is 2.57. The van der Waals surface area contributed by atoms with Crippen molar-refractivity contribution in [1.29, 1.82) is 0 Å². The number of nitrogens with one attached hydrogen (secondary N) is 2. The van der Waals surface area contributed by atoms with E-state index in [0.29, 0.717) is 10.2 Å². The van der Waals surface area contributed by atoms with Crippen molar-refractivity contribution in [2.75, 3.05) is 11.9 Å². The summed E-state index contributed by atoms with van der Waals surface area (Å²) in [5.74, 6) is -0.197. The van der Waals surface area contributed by atoms with Crippen LogP contribution in [0.25, 0.3) is 0 Å². The van der Waals surface area contributed by atoms with Crippen LogP contribution in [0.3, 0.4) is 0 Å². The summed E-state index contributed by atoms with van der Waals surface area (Å²) in [7, 11) is 0. The van der Waals surface area contributed by atoms with Gasteiger partial charge in [0.15, 0.2) is 0 Å². The third-order valence-electron chi connectivity index (χ3n) is 3.27. The van der Waals surface area contributed by atoms with Crippen LogP contribution in [0.2, 0.25) is 0 Å². The van der Waals surface area contributed by atoms with Gasteiger partial charge >= 0.3 is 0 Å². The number of carbonyl (C=O) groups excluding carboxylic acids is 1. The molecule has 0 spiro atoms. The zero-order valence-electron chi connectivity index (χ0n) is 10.4. The Hall–Kier alpha value is -1.47. The Morgan fingerprint density at radius 2 is 2.32 bits per heavy atom. The summed E-state index contributed by atoms with van der Waals surface area (Å²) in [4.78, 5) is 22.4. The number of nitrogens with zero attached hydrogens (tertiary/aromatic N) is 1. The number of carbonyl (C=O) groups is 1. The van der Waals surface area contributed by atoms with Gasteiger partial charge in [-0.3, -0.25) is 14.9 Å². The summed E-state index contributed by atoms with van der Waals surface area (Å²) >= 11 is 3.11. The van der Waals surface area contributed by atoms with Crippen LogP contribution in [0.5, 0.6) is 0 Å². The summed E-state index contributed by atoms with van der Waals surface area (Å²) in [5, 5.41) is 16.8. The maximum Gasteiger partial charge on any atom is 0.285 e. The van der Waals surface area contributed by atoms with Crippen LogP contribution in [0.4, 0.5) is 11.4 Å². The Bertz CT molecular complexity index is 521. The normalized spacial score (nSPS) is 22.2. The molecule has 1 fully saturated rings. The molecule has 1 aliphatic heterocycles. The lowest BCUT2D eigenvalue weighted by Gasteiger charge is -2.14. The van der Waals surface area contributed by atoms with E-state index in [2.05, 4.69) is 26.6 Å². The molecule has 1 aromatic rings. The van der Waals surface area contributed by atoms with Crippen molar-refractivity contribution in [3.05, 3.63) is 32.8 Å². The fourth-order valence-electron chi connectivity index (χ4n) is 2.18. The molecule has 1 amide bonds. The number of amides is 1. The van der Waals surface area contributed by atoms with Gasteiger partial charge in [-0.2, -0.15) is 0 Å². The van der Waals surface area contributed by atoms with Gasteiger partial charge in [-0.15, -0.1) is 0 Å². The number of benzene rings is 1. The molecule has 2 unspecified atom stereocenters. The summed E-state index contributed by atoms with van der Waals surface area (Å²) in [6, 6.07) is 4.69. The van der Waals surface area contributed by atoms with Crippen LogP contribution in [-0.4, -0.2) is 23.4 Å². The molecule has 0 bridgehead atoms. The van der Waals surface area contributed by atoms with Gasteiger partial charge in [0.1, 0.15) is 0 Å².